The third-order valence-corrected chi connectivity index (χ3v) is 2.22. The third-order valence-electron chi connectivity index (χ3n) is 2.22. The molecule has 3 nitrogen and oxygen atoms in total. The van der Waals surface area contributed by atoms with Crippen molar-refractivity contribution in [1.29, 1.82) is 0 Å². The second-order valence-corrected chi connectivity index (χ2v) is 3.42. The molecule has 1 rings (SSSR count). The highest BCUT2D eigenvalue weighted by molar-refractivity contribution is 5.28. The van der Waals surface area contributed by atoms with E-state index in [0.29, 0.717) is 19.4 Å². The van der Waals surface area contributed by atoms with Gasteiger partial charge in [-0.1, -0.05) is 19.1 Å². The minimum Gasteiger partial charge on any atom is -0.494 e. The molecule has 0 amide bonds. The van der Waals surface area contributed by atoms with E-state index < -0.39 is 6.10 Å². The molecule has 3 heteroatoms. The van der Waals surface area contributed by atoms with Crippen molar-refractivity contribution in [2.45, 2.75) is 25.9 Å². The summed E-state index contributed by atoms with van der Waals surface area (Å²) < 4.78 is 5.37. The molecule has 1 aromatic rings. The van der Waals surface area contributed by atoms with Gasteiger partial charge in [0.15, 0.2) is 0 Å². The fraction of sp³-hybridized carbons (Fsp3) is 0.500. The van der Waals surface area contributed by atoms with E-state index in [1.54, 1.807) is 0 Å². The fourth-order valence-corrected chi connectivity index (χ4v) is 1.28. The van der Waals surface area contributed by atoms with Crippen LogP contribution in [0.1, 0.15) is 31.4 Å². The van der Waals surface area contributed by atoms with Crippen molar-refractivity contribution in [2.75, 3.05) is 13.2 Å². The first-order chi connectivity index (χ1) is 7.27. The zero-order valence-electron chi connectivity index (χ0n) is 9.02. The molecule has 0 heterocycles. The highest BCUT2D eigenvalue weighted by Crippen LogP contribution is 2.19. The lowest BCUT2D eigenvalue weighted by Crippen LogP contribution is -2.00. The maximum Gasteiger partial charge on any atom is 0.119 e. The summed E-state index contributed by atoms with van der Waals surface area (Å²) in [5.74, 6) is 0.774. The lowest BCUT2D eigenvalue weighted by Gasteiger charge is -2.09. The molecule has 0 aromatic heterocycles. The summed E-state index contributed by atoms with van der Waals surface area (Å²) in [4.78, 5) is 0. The minimum absolute atomic E-state index is 0.145. The van der Waals surface area contributed by atoms with E-state index in [4.69, 9.17) is 9.84 Å². The molecule has 0 fully saturated rings. The van der Waals surface area contributed by atoms with Crippen LogP contribution in [0.2, 0.25) is 0 Å². The van der Waals surface area contributed by atoms with Crippen molar-refractivity contribution in [2.24, 2.45) is 0 Å². The fourth-order valence-electron chi connectivity index (χ4n) is 1.28. The Morgan fingerprint density at radius 3 is 2.47 bits per heavy atom. The topological polar surface area (TPSA) is 49.7 Å². The van der Waals surface area contributed by atoms with Crippen LogP contribution in [0.5, 0.6) is 5.75 Å². The van der Waals surface area contributed by atoms with Crippen molar-refractivity contribution in [1.82, 2.24) is 0 Å². The van der Waals surface area contributed by atoms with Crippen molar-refractivity contribution in [3.05, 3.63) is 29.8 Å². The lowest BCUT2D eigenvalue weighted by atomic mass is 10.1. The zero-order chi connectivity index (χ0) is 11.1. The smallest absolute Gasteiger partial charge is 0.119 e. The Morgan fingerprint density at radius 2 is 1.93 bits per heavy atom. The normalized spacial score (nSPS) is 12.5. The number of ether oxygens (including phenoxy) is 1. The monoisotopic (exact) mass is 210 g/mol. The second kappa shape index (κ2) is 6.43. The number of rotatable bonds is 6. The average Bonchev–Trinajstić information content (AvgIpc) is 2.29. The van der Waals surface area contributed by atoms with Crippen molar-refractivity contribution in [3.8, 4) is 5.75 Å². The summed E-state index contributed by atoms with van der Waals surface area (Å²) in [7, 11) is 0. The van der Waals surface area contributed by atoms with Crippen LogP contribution in [0.4, 0.5) is 0 Å². The van der Waals surface area contributed by atoms with Crippen molar-refractivity contribution in [3.63, 3.8) is 0 Å². The number of aliphatic hydroxyl groups is 2. The molecule has 1 aromatic carbocycles. The zero-order valence-corrected chi connectivity index (χ0v) is 9.02. The summed E-state index contributed by atoms with van der Waals surface area (Å²) in [6.07, 6.45) is 0.959. The predicted molar refractivity (Wildman–Crippen MR) is 58.9 cm³/mol. The molecule has 0 radical (unpaired) electrons. The van der Waals surface area contributed by atoms with Crippen LogP contribution in [-0.4, -0.2) is 23.4 Å². The first-order valence-electron chi connectivity index (χ1n) is 5.29. The highest BCUT2D eigenvalue weighted by Gasteiger charge is 2.03. The van der Waals surface area contributed by atoms with Gasteiger partial charge in [0.05, 0.1) is 12.7 Å². The summed E-state index contributed by atoms with van der Waals surface area (Å²) in [6.45, 7) is 2.61. The third kappa shape index (κ3) is 3.90. The molecule has 15 heavy (non-hydrogen) atoms. The van der Waals surface area contributed by atoms with E-state index in [0.717, 1.165) is 11.3 Å². The van der Waals surface area contributed by atoms with E-state index in [2.05, 4.69) is 0 Å². The molecule has 2 N–H and O–H groups in total. The Balaban J connectivity index is 2.49. The summed E-state index contributed by atoms with van der Waals surface area (Å²) >= 11 is 0. The van der Waals surface area contributed by atoms with Crippen LogP contribution in [-0.2, 0) is 0 Å². The molecule has 84 valence electrons. The van der Waals surface area contributed by atoms with Gasteiger partial charge in [-0.3, -0.25) is 0 Å². The van der Waals surface area contributed by atoms with Crippen LogP contribution < -0.4 is 4.74 Å². The Hall–Kier alpha value is -1.06. The van der Waals surface area contributed by atoms with Crippen LogP contribution in [0.25, 0.3) is 0 Å². The molecular weight excluding hydrogens is 192 g/mol. The van der Waals surface area contributed by atoms with E-state index in [-0.39, 0.29) is 6.61 Å². The Bertz CT molecular complexity index is 269. The maximum atomic E-state index is 9.56. The van der Waals surface area contributed by atoms with E-state index in [1.165, 1.54) is 0 Å². The number of hydrogen-bond acceptors (Lipinski definition) is 3. The van der Waals surface area contributed by atoms with Crippen LogP contribution >= 0.6 is 0 Å². The van der Waals surface area contributed by atoms with Gasteiger partial charge in [-0.2, -0.15) is 0 Å². The average molecular weight is 210 g/mol. The quantitative estimate of drug-likeness (QED) is 0.705. The van der Waals surface area contributed by atoms with E-state index in [9.17, 15) is 5.11 Å². The SMILES string of the molecule is CC[C@@H](O)c1ccc(OCCCO)cc1. The molecule has 0 aliphatic heterocycles. The van der Waals surface area contributed by atoms with Gasteiger partial charge in [-0.25, -0.2) is 0 Å². The van der Waals surface area contributed by atoms with Gasteiger partial charge in [-0.05, 0) is 24.1 Å². The summed E-state index contributed by atoms with van der Waals surface area (Å²) in [6, 6.07) is 7.40. The number of benzene rings is 1. The van der Waals surface area contributed by atoms with Gasteiger partial charge in [-0.15, -0.1) is 0 Å². The number of aliphatic hydroxyl groups excluding tert-OH is 2. The Morgan fingerprint density at radius 1 is 1.27 bits per heavy atom. The maximum absolute atomic E-state index is 9.56. The highest BCUT2D eigenvalue weighted by atomic mass is 16.5. The standard InChI is InChI=1S/C12H18O3/c1-2-12(14)10-4-6-11(7-5-10)15-9-3-8-13/h4-7,12-14H,2-3,8-9H2,1H3/t12-/m1/s1. The molecule has 0 bridgehead atoms. The molecule has 0 saturated carbocycles. The second-order valence-electron chi connectivity index (χ2n) is 3.42. The first kappa shape index (κ1) is 12.0. The van der Waals surface area contributed by atoms with Gasteiger partial charge in [0.1, 0.15) is 5.75 Å². The van der Waals surface area contributed by atoms with Gasteiger partial charge in [0, 0.05) is 13.0 Å². The van der Waals surface area contributed by atoms with Gasteiger partial charge in [0.2, 0.25) is 0 Å². The van der Waals surface area contributed by atoms with Crippen LogP contribution in [0.3, 0.4) is 0 Å². The molecular formula is C12H18O3. The molecule has 0 aliphatic rings. The van der Waals surface area contributed by atoms with E-state index in [1.807, 2.05) is 31.2 Å². The largest absolute Gasteiger partial charge is 0.494 e. The first-order valence-corrected chi connectivity index (χ1v) is 5.29. The van der Waals surface area contributed by atoms with Crippen LogP contribution in [0, 0.1) is 0 Å². The lowest BCUT2D eigenvalue weighted by molar-refractivity contribution is 0.173. The molecule has 1 atom stereocenters. The Labute approximate surface area is 90.3 Å². The van der Waals surface area contributed by atoms with Gasteiger partial charge >= 0.3 is 0 Å². The van der Waals surface area contributed by atoms with Gasteiger partial charge in [0.25, 0.3) is 0 Å². The predicted octanol–water partition coefficient (Wildman–Crippen LogP) is 1.89. The number of hydrogen-bond donors (Lipinski definition) is 2. The van der Waals surface area contributed by atoms with Crippen molar-refractivity contribution >= 4 is 0 Å². The molecule has 0 aliphatic carbocycles. The van der Waals surface area contributed by atoms with Crippen LogP contribution in [0.15, 0.2) is 24.3 Å². The molecule has 0 saturated heterocycles. The minimum atomic E-state index is -0.392. The molecule has 0 unspecified atom stereocenters. The van der Waals surface area contributed by atoms with E-state index >= 15 is 0 Å². The molecule has 0 spiro atoms. The summed E-state index contributed by atoms with van der Waals surface area (Å²) in [5.41, 5.74) is 0.909. The van der Waals surface area contributed by atoms with Crippen molar-refractivity contribution < 1.29 is 14.9 Å². The Kier molecular flexibility index (Phi) is 5.15. The summed E-state index contributed by atoms with van der Waals surface area (Å²) in [5, 5.41) is 18.1. The van der Waals surface area contributed by atoms with Gasteiger partial charge < -0.3 is 14.9 Å².